The number of ether oxygens (including phenoxy) is 1. The number of methoxy groups -OCH3 is 1. The Hall–Kier alpha value is -3.99. The van der Waals surface area contributed by atoms with Crippen LogP contribution in [0.15, 0.2) is 57.8 Å². The number of hydrogen-bond acceptors (Lipinski definition) is 5. The Morgan fingerprint density at radius 1 is 1.25 bits per heavy atom. The maximum absolute atomic E-state index is 12.4. The molecular weight excluding hydrogens is 360 g/mol. The second-order valence-electron chi connectivity index (χ2n) is 5.91. The summed E-state index contributed by atoms with van der Waals surface area (Å²) < 4.78 is 9.72. The Labute approximate surface area is 160 Å². The van der Waals surface area contributed by atoms with Crippen LogP contribution in [0, 0.1) is 12.3 Å². The van der Waals surface area contributed by atoms with Gasteiger partial charge in [0.2, 0.25) is 0 Å². The molecule has 1 aromatic heterocycles. The van der Waals surface area contributed by atoms with Crippen molar-refractivity contribution in [1.82, 2.24) is 15.5 Å². The molecule has 0 aliphatic carbocycles. The molecule has 0 saturated heterocycles. The molecule has 3 N–H and O–H groups in total. The molecule has 1 heterocycles. The Kier molecular flexibility index (Phi) is 5.77. The number of nitrogens with zero attached hydrogens (tertiary/aromatic N) is 1. The van der Waals surface area contributed by atoms with E-state index in [4.69, 9.17) is 11.2 Å². The van der Waals surface area contributed by atoms with E-state index in [0.717, 1.165) is 11.3 Å². The van der Waals surface area contributed by atoms with Crippen LogP contribution in [-0.2, 0) is 6.42 Å². The second kappa shape index (κ2) is 8.60. The molecule has 3 aromatic rings. The van der Waals surface area contributed by atoms with Crippen LogP contribution in [0.2, 0.25) is 0 Å². The molecule has 8 nitrogen and oxygen atoms in total. The van der Waals surface area contributed by atoms with Gasteiger partial charge in [0, 0.05) is 17.7 Å². The molecule has 1 unspecified atom stereocenters. The highest BCUT2D eigenvalue weighted by Crippen LogP contribution is 2.18. The number of urea groups is 1. The zero-order valence-electron chi connectivity index (χ0n) is 15.1. The van der Waals surface area contributed by atoms with Crippen molar-refractivity contribution < 1.29 is 14.1 Å². The maximum atomic E-state index is 12.4. The number of H-pyrrole nitrogens is 1. The molecule has 0 spiro atoms. The number of carbonyl (C=O) groups excluding carboxylic acids is 1. The van der Waals surface area contributed by atoms with Gasteiger partial charge in [0.1, 0.15) is 5.75 Å². The predicted octanol–water partition coefficient (Wildman–Crippen LogP) is 2.46. The number of aromatic amines is 1. The average Bonchev–Trinajstić information content (AvgIpc) is 3.15. The number of carbonyl (C=O) groups is 1. The summed E-state index contributed by atoms with van der Waals surface area (Å²) in [4.78, 5) is 26.2. The minimum absolute atomic E-state index is 0.221. The van der Waals surface area contributed by atoms with E-state index in [1.165, 1.54) is 0 Å². The fourth-order valence-electron chi connectivity index (χ4n) is 2.58. The molecule has 28 heavy (non-hydrogen) atoms. The van der Waals surface area contributed by atoms with Crippen LogP contribution in [0.5, 0.6) is 5.75 Å². The van der Waals surface area contributed by atoms with E-state index >= 15 is 0 Å². The van der Waals surface area contributed by atoms with E-state index < -0.39 is 17.8 Å². The third kappa shape index (κ3) is 4.80. The molecule has 142 valence electrons. The highest BCUT2D eigenvalue weighted by molar-refractivity contribution is 5.89. The van der Waals surface area contributed by atoms with Gasteiger partial charge in [0.15, 0.2) is 5.82 Å². The van der Waals surface area contributed by atoms with Gasteiger partial charge in [0.25, 0.3) is 0 Å². The zero-order valence-corrected chi connectivity index (χ0v) is 15.1. The standard InChI is InChI=1S/C20H18N4O4/c1-3-13-4-8-15(9-5-13)21-19(25)22-17(18-23-20(26)28-24-18)12-14-6-10-16(27-2)11-7-14/h1,4-11,17H,12H2,2H3,(H2,21,22,25)(H,23,24,26). The van der Waals surface area contributed by atoms with Crippen LogP contribution in [0.25, 0.3) is 0 Å². The number of nitrogens with one attached hydrogen (secondary N) is 3. The molecule has 3 rings (SSSR count). The summed E-state index contributed by atoms with van der Waals surface area (Å²) in [5.74, 6) is 2.76. The molecule has 0 radical (unpaired) electrons. The molecule has 0 aliphatic heterocycles. The number of benzene rings is 2. The Balaban J connectivity index is 1.73. The summed E-state index contributed by atoms with van der Waals surface area (Å²) in [6.07, 6.45) is 5.71. The first-order chi connectivity index (χ1) is 13.6. The Bertz CT molecular complexity index is 1030. The van der Waals surface area contributed by atoms with Crippen molar-refractivity contribution in [3.63, 3.8) is 0 Å². The van der Waals surface area contributed by atoms with Gasteiger partial charge in [-0.25, -0.2) is 9.59 Å². The van der Waals surface area contributed by atoms with Crippen molar-refractivity contribution >= 4 is 11.7 Å². The summed E-state index contributed by atoms with van der Waals surface area (Å²) in [5.41, 5.74) is 2.20. The van der Waals surface area contributed by atoms with Gasteiger partial charge < -0.3 is 15.4 Å². The van der Waals surface area contributed by atoms with E-state index in [1.807, 2.05) is 24.3 Å². The second-order valence-corrected chi connectivity index (χ2v) is 5.91. The summed E-state index contributed by atoms with van der Waals surface area (Å²) in [5, 5.41) is 9.20. The van der Waals surface area contributed by atoms with Crippen LogP contribution in [0.1, 0.15) is 23.0 Å². The topological polar surface area (TPSA) is 109 Å². The monoisotopic (exact) mass is 378 g/mol. The first kappa shape index (κ1) is 18.8. The molecular formula is C20H18N4O4. The molecule has 0 saturated carbocycles. The van der Waals surface area contributed by atoms with Crippen LogP contribution in [0.4, 0.5) is 10.5 Å². The van der Waals surface area contributed by atoms with E-state index in [-0.39, 0.29) is 5.82 Å². The number of anilines is 1. The lowest BCUT2D eigenvalue weighted by Gasteiger charge is -2.17. The van der Waals surface area contributed by atoms with Crippen LogP contribution < -0.4 is 21.1 Å². The highest BCUT2D eigenvalue weighted by atomic mass is 16.5. The van der Waals surface area contributed by atoms with E-state index in [0.29, 0.717) is 17.7 Å². The normalized spacial score (nSPS) is 11.3. The van der Waals surface area contributed by atoms with Crippen molar-refractivity contribution in [2.24, 2.45) is 0 Å². The van der Waals surface area contributed by atoms with Gasteiger partial charge in [-0.15, -0.1) is 6.42 Å². The lowest BCUT2D eigenvalue weighted by Crippen LogP contribution is -2.34. The molecule has 1 atom stereocenters. The first-order valence-electron chi connectivity index (χ1n) is 8.40. The number of amides is 2. The van der Waals surface area contributed by atoms with Gasteiger partial charge in [-0.3, -0.25) is 9.51 Å². The van der Waals surface area contributed by atoms with Crippen molar-refractivity contribution in [2.75, 3.05) is 12.4 Å². The summed E-state index contributed by atoms with van der Waals surface area (Å²) in [7, 11) is 1.58. The van der Waals surface area contributed by atoms with Crippen molar-refractivity contribution in [3.8, 4) is 18.1 Å². The minimum Gasteiger partial charge on any atom is -0.497 e. The average molecular weight is 378 g/mol. The van der Waals surface area contributed by atoms with Crippen molar-refractivity contribution in [3.05, 3.63) is 76.0 Å². The molecule has 0 aliphatic rings. The molecule has 2 aromatic carbocycles. The third-order valence-corrected chi connectivity index (χ3v) is 4.00. The van der Waals surface area contributed by atoms with Crippen LogP contribution >= 0.6 is 0 Å². The molecule has 2 amide bonds. The third-order valence-electron chi connectivity index (χ3n) is 4.00. The fourth-order valence-corrected chi connectivity index (χ4v) is 2.58. The lowest BCUT2D eigenvalue weighted by atomic mass is 10.1. The number of rotatable bonds is 6. The SMILES string of the molecule is C#Cc1ccc(NC(=O)NC(Cc2ccc(OC)cc2)c2noc(=O)[nH]2)cc1. The summed E-state index contributed by atoms with van der Waals surface area (Å²) in [6, 6.07) is 13.1. The minimum atomic E-state index is -0.693. The lowest BCUT2D eigenvalue weighted by molar-refractivity contribution is 0.247. The van der Waals surface area contributed by atoms with Gasteiger partial charge in [0.05, 0.1) is 13.2 Å². The fraction of sp³-hybridized carbons (Fsp3) is 0.150. The van der Waals surface area contributed by atoms with Gasteiger partial charge in [-0.2, -0.15) is 0 Å². The molecule has 8 heteroatoms. The van der Waals surface area contributed by atoms with Crippen LogP contribution in [0.3, 0.4) is 0 Å². The quantitative estimate of drug-likeness (QED) is 0.571. The molecule has 0 bridgehead atoms. The van der Waals surface area contributed by atoms with E-state index in [9.17, 15) is 9.59 Å². The highest BCUT2D eigenvalue weighted by Gasteiger charge is 2.20. The van der Waals surface area contributed by atoms with Crippen molar-refractivity contribution in [2.45, 2.75) is 12.5 Å². The Morgan fingerprint density at radius 2 is 1.96 bits per heavy atom. The summed E-state index contributed by atoms with van der Waals surface area (Å²) in [6.45, 7) is 0. The smallest absolute Gasteiger partial charge is 0.438 e. The number of hydrogen-bond donors (Lipinski definition) is 3. The zero-order chi connectivity index (χ0) is 19.9. The Morgan fingerprint density at radius 3 is 2.54 bits per heavy atom. The van der Waals surface area contributed by atoms with Gasteiger partial charge in [-0.1, -0.05) is 23.2 Å². The van der Waals surface area contributed by atoms with Gasteiger partial charge >= 0.3 is 11.8 Å². The number of terminal acetylenes is 1. The predicted molar refractivity (Wildman–Crippen MR) is 103 cm³/mol. The first-order valence-corrected chi connectivity index (χ1v) is 8.40. The van der Waals surface area contributed by atoms with Crippen molar-refractivity contribution in [1.29, 1.82) is 0 Å². The maximum Gasteiger partial charge on any atom is 0.438 e. The van der Waals surface area contributed by atoms with E-state index in [2.05, 4.69) is 31.2 Å². The van der Waals surface area contributed by atoms with Crippen LogP contribution in [-0.4, -0.2) is 23.3 Å². The van der Waals surface area contributed by atoms with Gasteiger partial charge in [-0.05, 0) is 42.0 Å². The molecule has 0 fully saturated rings. The number of aromatic nitrogens is 2. The van der Waals surface area contributed by atoms with E-state index in [1.54, 1.807) is 31.4 Å². The summed E-state index contributed by atoms with van der Waals surface area (Å²) >= 11 is 0. The largest absolute Gasteiger partial charge is 0.497 e.